The zero-order valence-electron chi connectivity index (χ0n) is 21.5. The van der Waals surface area contributed by atoms with Crippen molar-refractivity contribution >= 4 is 35.0 Å². The highest BCUT2D eigenvalue weighted by Crippen LogP contribution is 2.38. The highest BCUT2D eigenvalue weighted by atomic mass is 32.2. The number of benzene rings is 2. The standard InChI is InChI=1S/C27H30N2O8S/c1-27(2,3)37-26(33)29(4)25-28-19-20(30)21(36-23(32)17-13-9-6-10-14-17)18(35-24(19)38-25)15-34-22(31)16-11-7-5-8-12-16/h5-14,18-21,24,30H,15H2,1-4H3/t18-,19-,20+,21-,24-/m1/s1. The summed E-state index contributed by atoms with van der Waals surface area (Å²) < 4.78 is 22.7. The Morgan fingerprint density at radius 3 is 2.16 bits per heavy atom. The highest BCUT2D eigenvalue weighted by Gasteiger charge is 2.52. The minimum Gasteiger partial charge on any atom is -0.459 e. The Morgan fingerprint density at radius 1 is 1.00 bits per heavy atom. The van der Waals surface area contributed by atoms with Gasteiger partial charge < -0.3 is 24.1 Å². The molecule has 202 valence electrons. The van der Waals surface area contributed by atoms with Gasteiger partial charge in [0.1, 0.15) is 35.9 Å². The molecule has 0 unspecified atom stereocenters. The van der Waals surface area contributed by atoms with E-state index in [1.807, 2.05) is 0 Å². The lowest BCUT2D eigenvalue weighted by atomic mass is 9.98. The predicted octanol–water partition coefficient (Wildman–Crippen LogP) is 3.49. The Morgan fingerprint density at radius 2 is 1.58 bits per heavy atom. The van der Waals surface area contributed by atoms with Crippen molar-refractivity contribution in [2.24, 2.45) is 4.99 Å². The first kappa shape index (κ1) is 27.6. The van der Waals surface area contributed by atoms with E-state index in [-0.39, 0.29) is 17.3 Å². The largest absolute Gasteiger partial charge is 0.459 e. The summed E-state index contributed by atoms with van der Waals surface area (Å²) >= 11 is 1.12. The van der Waals surface area contributed by atoms with E-state index in [9.17, 15) is 19.5 Å². The van der Waals surface area contributed by atoms with Gasteiger partial charge in [0.05, 0.1) is 11.1 Å². The number of aliphatic hydroxyl groups excluding tert-OH is 1. The van der Waals surface area contributed by atoms with Crippen molar-refractivity contribution in [1.29, 1.82) is 0 Å². The van der Waals surface area contributed by atoms with Gasteiger partial charge in [-0.3, -0.25) is 9.89 Å². The molecular weight excluding hydrogens is 512 g/mol. The topological polar surface area (TPSA) is 124 Å². The maximum absolute atomic E-state index is 12.8. The fraction of sp³-hybridized carbons (Fsp3) is 0.407. The van der Waals surface area contributed by atoms with Crippen LogP contribution in [-0.2, 0) is 18.9 Å². The average Bonchev–Trinajstić information content (AvgIpc) is 3.33. The molecular formula is C27H30N2O8S. The van der Waals surface area contributed by atoms with Gasteiger partial charge in [-0.05, 0) is 45.0 Å². The number of thioether (sulfide) groups is 1. The zero-order chi connectivity index (χ0) is 27.4. The summed E-state index contributed by atoms with van der Waals surface area (Å²) in [7, 11) is 1.51. The molecule has 1 saturated heterocycles. The second kappa shape index (κ2) is 11.5. The number of aliphatic imine (C=N–C) groups is 1. The minimum atomic E-state index is -1.29. The fourth-order valence-corrected chi connectivity index (χ4v) is 5.02. The highest BCUT2D eigenvalue weighted by molar-refractivity contribution is 8.14. The second-order valence-corrected chi connectivity index (χ2v) is 10.9. The fourth-order valence-electron chi connectivity index (χ4n) is 3.84. The van der Waals surface area contributed by atoms with Crippen LogP contribution in [0, 0.1) is 0 Å². The van der Waals surface area contributed by atoms with E-state index in [4.69, 9.17) is 18.9 Å². The number of ether oxygens (including phenoxy) is 4. The molecule has 0 radical (unpaired) electrons. The minimum absolute atomic E-state index is 0.279. The monoisotopic (exact) mass is 542 g/mol. The summed E-state index contributed by atoms with van der Waals surface area (Å²) in [5, 5.41) is 11.5. The number of carbonyl (C=O) groups is 3. The molecule has 0 bridgehead atoms. The van der Waals surface area contributed by atoms with Crippen LogP contribution in [0.25, 0.3) is 0 Å². The molecule has 2 aromatic carbocycles. The van der Waals surface area contributed by atoms with Gasteiger partial charge in [0.25, 0.3) is 0 Å². The maximum atomic E-state index is 12.8. The van der Waals surface area contributed by atoms with Crippen molar-refractivity contribution in [3.8, 4) is 0 Å². The summed E-state index contributed by atoms with van der Waals surface area (Å²) in [6.07, 6.45) is -4.08. The number of hydrogen-bond donors (Lipinski definition) is 1. The van der Waals surface area contributed by atoms with Crippen LogP contribution in [0.3, 0.4) is 0 Å². The van der Waals surface area contributed by atoms with E-state index in [1.54, 1.807) is 81.4 Å². The maximum Gasteiger partial charge on any atom is 0.416 e. The third-order valence-electron chi connectivity index (χ3n) is 5.72. The first-order valence-electron chi connectivity index (χ1n) is 12.1. The van der Waals surface area contributed by atoms with E-state index in [1.165, 1.54) is 11.9 Å². The van der Waals surface area contributed by atoms with Gasteiger partial charge in [-0.1, -0.05) is 48.2 Å². The van der Waals surface area contributed by atoms with Gasteiger partial charge in [0, 0.05) is 7.05 Å². The van der Waals surface area contributed by atoms with Gasteiger partial charge in [-0.2, -0.15) is 0 Å². The van der Waals surface area contributed by atoms with Crippen molar-refractivity contribution in [2.45, 2.75) is 56.2 Å². The predicted molar refractivity (Wildman–Crippen MR) is 140 cm³/mol. The Kier molecular flexibility index (Phi) is 8.39. The molecule has 4 rings (SSSR count). The molecule has 1 N–H and O–H groups in total. The van der Waals surface area contributed by atoms with E-state index in [2.05, 4.69) is 4.99 Å². The van der Waals surface area contributed by atoms with E-state index in [0.717, 1.165) is 11.8 Å². The normalized spacial score (nSPS) is 24.6. The lowest BCUT2D eigenvalue weighted by molar-refractivity contribution is -0.167. The van der Waals surface area contributed by atoms with Crippen LogP contribution in [0.15, 0.2) is 65.7 Å². The molecule has 1 fully saturated rings. The molecule has 2 aromatic rings. The SMILES string of the molecule is CN(C(=O)OC(C)(C)C)C1=N[C@@H]2[C@H](O)[C@H](OC(=O)c3ccccc3)[C@@H](COC(=O)c3ccccc3)O[C@@H]2S1. The van der Waals surface area contributed by atoms with Crippen molar-refractivity contribution in [2.75, 3.05) is 13.7 Å². The summed E-state index contributed by atoms with van der Waals surface area (Å²) in [5.74, 6) is -1.25. The van der Waals surface area contributed by atoms with Crippen molar-refractivity contribution < 1.29 is 38.4 Å². The number of nitrogens with zero attached hydrogens (tertiary/aromatic N) is 2. The Labute approximate surface area is 224 Å². The van der Waals surface area contributed by atoms with E-state index >= 15 is 0 Å². The van der Waals surface area contributed by atoms with Gasteiger partial charge in [0.15, 0.2) is 11.3 Å². The summed E-state index contributed by atoms with van der Waals surface area (Å²) in [6.45, 7) is 4.98. The van der Waals surface area contributed by atoms with Crippen LogP contribution < -0.4 is 0 Å². The third-order valence-corrected chi connectivity index (χ3v) is 6.93. The number of fused-ring (bicyclic) bond motifs is 1. The summed E-state index contributed by atoms with van der Waals surface area (Å²) in [5.41, 5.74) is -0.782. The van der Waals surface area contributed by atoms with Crippen LogP contribution in [0.5, 0.6) is 0 Å². The van der Waals surface area contributed by atoms with Crippen LogP contribution in [0.1, 0.15) is 41.5 Å². The van der Waals surface area contributed by atoms with Gasteiger partial charge in [0.2, 0.25) is 0 Å². The third kappa shape index (κ3) is 6.53. The summed E-state index contributed by atoms with van der Waals surface area (Å²) in [6, 6.07) is 15.9. The van der Waals surface area contributed by atoms with Crippen LogP contribution in [-0.4, -0.2) is 82.3 Å². The molecule has 2 heterocycles. The Bertz CT molecular complexity index is 1180. The molecule has 10 nitrogen and oxygen atoms in total. The molecule has 5 atom stereocenters. The van der Waals surface area contributed by atoms with Crippen LogP contribution >= 0.6 is 11.8 Å². The first-order chi connectivity index (χ1) is 18.0. The number of amidine groups is 1. The Balaban J connectivity index is 1.52. The lowest BCUT2D eigenvalue weighted by Crippen LogP contribution is -2.57. The zero-order valence-corrected chi connectivity index (χ0v) is 22.3. The molecule has 0 aliphatic carbocycles. The van der Waals surface area contributed by atoms with Crippen LogP contribution in [0.4, 0.5) is 4.79 Å². The lowest BCUT2D eigenvalue weighted by Gasteiger charge is -2.39. The number of carbonyl (C=O) groups excluding carboxylic acids is 3. The molecule has 2 aliphatic rings. The van der Waals surface area contributed by atoms with Crippen molar-refractivity contribution in [3.05, 3.63) is 71.8 Å². The molecule has 0 aromatic heterocycles. The van der Waals surface area contributed by atoms with E-state index < -0.39 is 53.4 Å². The molecule has 11 heteroatoms. The molecule has 2 aliphatic heterocycles. The van der Waals surface area contributed by atoms with Gasteiger partial charge in [-0.15, -0.1) is 0 Å². The van der Waals surface area contributed by atoms with E-state index in [0.29, 0.717) is 5.56 Å². The molecule has 1 amide bonds. The van der Waals surface area contributed by atoms with Crippen LogP contribution in [0.2, 0.25) is 0 Å². The molecule has 38 heavy (non-hydrogen) atoms. The number of esters is 2. The quantitative estimate of drug-likeness (QED) is 0.447. The number of rotatable bonds is 5. The number of hydrogen-bond acceptors (Lipinski definition) is 10. The van der Waals surface area contributed by atoms with Gasteiger partial charge in [-0.25, -0.2) is 14.4 Å². The smallest absolute Gasteiger partial charge is 0.416 e. The molecule has 0 saturated carbocycles. The molecule has 0 spiro atoms. The first-order valence-corrected chi connectivity index (χ1v) is 12.9. The van der Waals surface area contributed by atoms with Gasteiger partial charge >= 0.3 is 18.0 Å². The second-order valence-electron chi connectivity index (χ2n) is 9.79. The number of amides is 1. The Hall–Kier alpha value is -3.41. The summed E-state index contributed by atoms with van der Waals surface area (Å²) in [4.78, 5) is 43.7. The van der Waals surface area contributed by atoms with Crippen molar-refractivity contribution in [1.82, 2.24) is 4.90 Å². The number of aliphatic hydroxyl groups is 1. The van der Waals surface area contributed by atoms with Crippen molar-refractivity contribution in [3.63, 3.8) is 0 Å². The average molecular weight is 543 g/mol.